The highest BCUT2D eigenvalue weighted by molar-refractivity contribution is 5.42. The summed E-state index contributed by atoms with van der Waals surface area (Å²) >= 11 is 0. The summed E-state index contributed by atoms with van der Waals surface area (Å²) in [5.41, 5.74) is 7.47. The highest BCUT2D eigenvalue weighted by atomic mass is 16.5. The molecule has 0 radical (unpaired) electrons. The summed E-state index contributed by atoms with van der Waals surface area (Å²) in [4.78, 5) is 0. The van der Waals surface area contributed by atoms with Crippen LogP contribution < -0.4 is 5.73 Å². The zero-order valence-electron chi connectivity index (χ0n) is 7.32. The highest BCUT2D eigenvalue weighted by Crippen LogP contribution is 2.28. The average Bonchev–Trinajstić information content (AvgIpc) is 2.31. The van der Waals surface area contributed by atoms with Crippen LogP contribution in [0.1, 0.15) is 25.6 Å². The van der Waals surface area contributed by atoms with Gasteiger partial charge in [-0.2, -0.15) is 5.10 Å². The lowest BCUT2D eigenvalue weighted by atomic mass is 10.2. The fourth-order valence-corrected chi connectivity index (χ4v) is 1.70. The Morgan fingerprint density at radius 3 is 3.17 bits per heavy atom. The van der Waals surface area contributed by atoms with E-state index in [-0.39, 0.29) is 12.2 Å². The molecule has 1 aliphatic heterocycles. The predicted molar refractivity (Wildman–Crippen MR) is 45.6 cm³/mol. The second-order valence-electron chi connectivity index (χ2n) is 3.26. The SMILES string of the molecule is CC1O[C@@H](C)Cn2ncc(N)c21. The molecule has 0 amide bonds. The highest BCUT2D eigenvalue weighted by Gasteiger charge is 2.24. The van der Waals surface area contributed by atoms with Crippen LogP contribution in [-0.4, -0.2) is 15.9 Å². The van der Waals surface area contributed by atoms with Gasteiger partial charge in [0.15, 0.2) is 0 Å². The summed E-state index contributed by atoms with van der Waals surface area (Å²) in [6.07, 6.45) is 1.98. The van der Waals surface area contributed by atoms with E-state index in [0.717, 1.165) is 17.9 Å². The van der Waals surface area contributed by atoms with Crippen molar-refractivity contribution in [2.24, 2.45) is 0 Å². The third kappa shape index (κ3) is 0.992. The van der Waals surface area contributed by atoms with Crippen molar-refractivity contribution in [3.63, 3.8) is 0 Å². The van der Waals surface area contributed by atoms with Crippen LogP contribution in [0, 0.1) is 0 Å². The van der Waals surface area contributed by atoms with E-state index in [1.807, 2.05) is 18.5 Å². The van der Waals surface area contributed by atoms with E-state index in [2.05, 4.69) is 5.10 Å². The van der Waals surface area contributed by atoms with Crippen molar-refractivity contribution in [1.29, 1.82) is 0 Å². The summed E-state index contributed by atoms with van der Waals surface area (Å²) in [5, 5.41) is 4.17. The Labute approximate surface area is 71.3 Å². The summed E-state index contributed by atoms with van der Waals surface area (Å²) in [6.45, 7) is 4.84. The first kappa shape index (κ1) is 7.61. The van der Waals surface area contributed by atoms with Crippen LogP contribution in [0.2, 0.25) is 0 Å². The van der Waals surface area contributed by atoms with Crippen molar-refractivity contribution in [2.75, 3.05) is 5.73 Å². The lowest BCUT2D eigenvalue weighted by Crippen LogP contribution is -2.27. The first-order valence-corrected chi connectivity index (χ1v) is 4.15. The van der Waals surface area contributed by atoms with Crippen molar-refractivity contribution in [3.05, 3.63) is 11.9 Å². The van der Waals surface area contributed by atoms with Gasteiger partial charge in [0.2, 0.25) is 0 Å². The molecular weight excluding hydrogens is 154 g/mol. The summed E-state index contributed by atoms with van der Waals surface area (Å²) in [5.74, 6) is 0. The lowest BCUT2D eigenvalue weighted by Gasteiger charge is -2.26. The van der Waals surface area contributed by atoms with E-state index in [1.165, 1.54) is 0 Å². The molecule has 1 aromatic rings. The van der Waals surface area contributed by atoms with Crippen molar-refractivity contribution >= 4 is 5.69 Å². The molecule has 0 spiro atoms. The van der Waals surface area contributed by atoms with Gasteiger partial charge in [-0.15, -0.1) is 0 Å². The molecule has 2 rings (SSSR count). The molecule has 0 fully saturated rings. The molecule has 0 saturated carbocycles. The van der Waals surface area contributed by atoms with Gasteiger partial charge in [0.1, 0.15) is 0 Å². The van der Waals surface area contributed by atoms with Gasteiger partial charge in [0, 0.05) is 0 Å². The molecule has 0 aromatic carbocycles. The van der Waals surface area contributed by atoms with Crippen LogP contribution in [0.25, 0.3) is 0 Å². The minimum absolute atomic E-state index is 0.0660. The van der Waals surface area contributed by atoms with Gasteiger partial charge < -0.3 is 10.5 Å². The third-order valence-electron chi connectivity index (χ3n) is 2.16. The van der Waals surface area contributed by atoms with Crippen molar-refractivity contribution in [3.8, 4) is 0 Å². The molecule has 1 aromatic heterocycles. The molecule has 12 heavy (non-hydrogen) atoms. The van der Waals surface area contributed by atoms with Gasteiger partial charge in [-0.25, -0.2) is 0 Å². The Balaban J connectivity index is 2.43. The Morgan fingerprint density at radius 1 is 1.67 bits per heavy atom. The number of fused-ring (bicyclic) bond motifs is 1. The maximum atomic E-state index is 5.73. The van der Waals surface area contributed by atoms with Crippen LogP contribution in [0.5, 0.6) is 0 Å². The molecule has 0 aliphatic carbocycles. The molecule has 2 heterocycles. The van der Waals surface area contributed by atoms with E-state index < -0.39 is 0 Å². The van der Waals surface area contributed by atoms with Crippen molar-refractivity contribution < 1.29 is 4.74 Å². The van der Waals surface area contributed by atoms with E-state index in [0.29, 0.717) is 0 Å². The second kappa shape index (κ2) is 2.48. The van der Waals surface area contributed by atoms with Gasteiger partial charge in [0.05, 0.1) is 36.3 Å². The number of anilines is 1. The first-order chi connectivity index (χ1) is 5.68. The summed E-state index contributed by atoms with van der Waals surface area (Å²) in [6, 6.07) is 0. The standard InChI is InChI=1S/C8H13N3O/c1-5-4-11-8(6(2)12-5)7(9)3-10-11/h3,5-6H,4,9H2,1-2H3/t5-,6?/m0/s1. The van der Waals surface area contributed by atoms with E-state index in [9.17, 15) is 0 Å². The third-order valence-corrected chi connectivity index (χ3v) is 2.16. The molecule has 0 bridgehead atoms. The molecule has 1 unspecified atom stereocenters. The molecule has 2 N–H and O–H groups in total. The molecule has 66 valence electrons. The monoisotopic (exact) mass is 167 g/mol. The number of nitrogens with zero attached hydrogens (tertiary/aromatic N) is 2. The smallest absolute Gasteiger partial charge is 0.0988 e. The summed E-state index contributed by atoms with van der Waals surface area (Å²) < 4.78 is 7.54. The van der Waals surface area contributed by atoms with Crippen LogP contribution >= 0.6 is 0 Å². The molecule has 4 nitrogen and oxygen atoms in total. The second-order valence-corrected chi connectivity index (χ2v) is 3.26. The maximum Gasteiger partial charge on any atom is 0.0988 e. The minimum Gasteiger partial charge on any atom is -0.396 e. The first-order valence-electron chi connectivity index (χ1n) is 4.15. The van der Waals surface area contributed by atoms with Crippen LogP contribution in [0.3, 0.4) is 0 Å². The van der Waals surface area contributed by atoms with Gasteiger partial charge in [-0.1, -0.05) is 0 Å². The number of rotatable bonds is 0. The Kier molecular flexibility index (Phi) is 1.58. The number of nitrogen functional groups attached to an aromatic ring is 1. The summed E-state index contributed by atoms with van der Waals surface area (Å²) in [7, 11) is 0. The number of hydrogen-bond donors (Lipinski definition) is 1. The van der Waals surface area contributed by atoms with Crippen molar-refractivity contribution in [1.82, 2.24) is 9.78 Å². The quantitative estimate of drug-likeness (QED) is 0.625. The minimum atomic E-state index is 0.0660. The topological polar surface area (TPSA) is 53.1 Å². The van der Waals surface area contributed by atoms with Gasteiger partial charge in [-0.3, -0.25) is 4.68 Å². The molecule has 2 atom stereocenters. The normalized spacial score (nSPS) is 28.5. The average molecular weight is 167 g/mol. The van der Waals surface area contributed by atoms with Gasteiger partial charge in [-0.05, 0) is 13.8 Å². The fraction of sp³-hybridized carbons (Fsp3) is 0.625. The number of nitrogens with two attached hydrogens (primary N) is 1. The number of ether oxygens (including phenoxy) is 1. The molecule has 4 heteroatoms. The van der Waals surface area contributed by atoms with Gasteiger partial charge >= 0.3 is 0 Å². The Bertz CT molecular complexity index is 294. The van der Waals surface area contributed by atoms with Crippen LogP contribution in [0.4, 0.5) is 5.69 Å². The molecule has 1 aliphatic rings. The number of aromatic nitrogens is 2. The van der Waals surface area contributed by atoms with E-state index >= 15 is 0 Å². The van der Waals surface area contributed by atoms with E-state index in [4.69, 9.17) is 10.5 Å². The lowest BCUT2D eigenvalue weighted by molar-refractivity contribution is -0.0299. The van der Waals surface area contributed by atoms with Crippen LogP contribution in [-0.2, 0) is 11.3 Å². The molecular formula is C8H13N3O. The van der Waals surface area contributed by atoms with Gasteiger partial charge in [0.25, 0.3) is 0 Å². The zero-order chi connectivity index (χ0) is 8.72. The molecule has 0 saturated heterocycles. The number of hydrogen-bond acceptors (Lipinski definition) is 3. The Hall–Kier alpha value is -1.03. The largest absolute Gasteiger partial charge is 0.396 e. The fourth-order valence-electron chi connectivity index (χ4n) is 1.70. The van der Waals surface area contributed by atoms with E-state index in [1.54, 1.807) is 6.20 Å². The van der Waals surface area contributed by atoms with Crippen molar-refractivity contribution in [2.45, 2.75) is 32.6 Å². The van der Waals surface area contributed by atoms with Crippen LogP contribution in [0.15, 0.2) is 6.20 Å². The zero-order valence-corrected chi connectivity index (χ0v) is 7.32. The predicted octanol–water partition coefficient (Wildman–Crippen LogP) is 0.945. The maximum absolute atomic E-state index is 5.73. The Morgan fingerprint density at radius 2 is 2.42 bits per heavy atom.